The van der Waals surface area contributed by atoms with Gasteiger partial charge in [-0.25, -0.2) is 0 Å². The third-order valence-electron chi connectivity index (χ3n) is 2.50. The molecule has 0 spiro atoms. The molecule has 0 aromatic rings. The quantitative estimate of drug-likeness (QED) is 0.531. The summed E-state index contributed by atoms with van der Waals surface area (Å²) >= 11 is 0. The third kappa shape index (κ3) is 2.06. The molecule has 0 fully saturated rings. The number of aliphatic hydroxyl groups excluding tert-OH is 1. The van der Waals surface area contributed by atoms with E-state index in [0.29, 0.717) is 5.92 Å². The van der Waals surface area contributed by atoms with Crippen LogP contribution >= 0.6 is 0 Å². The molecule has 0 heterocycles. The lowest BCUT2D eigenvalue weighted by Crippen LogP contribution is -2.32. The van der Waals surface area contributed by atoms with Crippen LogP contribution in [-0.2, 0) is 0 Å². The third-order valence-corrected chi connectivity index (χ3v) is 2.50. The van der Waals surface area contributed by atoms with E-state index in [1.54, 1.807) is 0 Å². The Morgan fingerprint density at radius 3 is 2.36 bits per heavy atom. The monoisotopic (exact) mass is 154 g/mol. The lowest BCUT2D eigenvalue weighted by Gasteiger charge is -2.35. The van der Waals surface area contributed by atoms with Crippen LogP contribution in [0.3, 0.4) is 0 Å². The maximum absolute atomic E-state index is 9.62. The SMILES string of the molecule is CC(C)(C)C1CCC=C[C@@H]1O. The average molecular weight is 154 g/mol. The van der Waals surface area contributed by atoms with E-state index in [2.05, 4.69) is 26.8 Å². The van der Waals surface area contributed by atoms with E-state index >= 15 is 0 Å². The summed E-state index contributed by atoms with van der Waals surface area (Å²) in [5, 5.41) is 9.62. The minimum Gasteiger partial charge on any atom is -0.389 e. The maximum atomic E-state index is 9.62. The van der Waals surface area contributed by atoms with Crippen molar-refractivity contribution in [2.75, 3.05) is 0 Å². The Labute approximate surface area is 69.1 Å². The van der Waals surface area contributed by atoms with Crippen molar-refractivity contribution in [2.24, 2.45) is 11.3 Å². The van der Waals surface area contributed by atoms with Crippen molar-refractivity contribution in [3.63, 3.8) is 0 Å². The summed E-state index contributed by atoms with van der Waals surface area (Å²) in [7, 11) is 0. The predicted octanol–water partition coefficient (Wildman–Crippen LogP) is 2.36. The Bertz CT molecular complexity index is 153. The van der Waals surface area contributed by atoms with Crippen molar-refractivity contribution in [1.29, 1.82) is 0 Å². The molecule has 1 aliphatic rings. The normalized spacial score (nSPS) is 32.4. The van der Waals surface area contributed by atoms with Gasteiger partial charge in [-0.3, -0.25) is 0 Å². The van der Waals surface area contributed by atoms with Gasteiger partial charge in [0.1, 0.15) is 0 Å². The first-order valence-electron chi connectivity index (χ1n) is 4.36. The second-order valence-electron chi connectivity index (χ2n) is 4.47. The van der Waals surface area contributed by atoms with E-state index < -0.39 is 0 Å². The molecule has 0 aromatic heterocycles. The fourth-order valence-electron chi connectivity index (χ4n) is 1.76. The molecule has 1 unspecified atom stereocenters. The smallest absolute Gasteiger partial charge is 0.0754 e. The van der Waals surface area contributed by atoms with Gasteiger partial charge in [0.2, 0.25) is 0 Å². The molecule has 0 saturated heterocycles. The molecular weight excluding hydrogens is 136 g/mol. The number of rotatable bonds is 0. The van der Waals surface area contributed by atoms with Gasteiger partial charge in [-0.2, -0.15) is 0 Å². The highest BCUT2D eigenvalue weighted by Gasteiger charge is 2.30. The fourth-order valence-corrected chi connectivity index (χ4v) is 1.76. The van der Waals surface area contributed by atoms with Crippen LogP contribution in [0.2, 0.25) is 0 Å². The summed E-state index contributed by atoms with van der Waals surface area (Å²) in [4.78, 5) is 0. The largest absolute Gasteiger partial charge is 0.389 e. The molecule has 0 amide bonds. The lowest BCUT2D eigenvalue weighted by molar-refractivity contribution is 0.0652. The first-order chi connectivity index (χ1) is 5.02. The van der Waals surface area contributed by atoms with Gasteiger partial charge in [0.15, 0.2) is 0 Å². The molecule has 64 valence electrons. The molecule has 1 rings (SSSR count). The Hall–Kier alpha value is -0.300. The van der Waals surface area contributed by atoms with Crippen LogP contribution in [0.15, 0.2) is 12.2 Å². The Morgan fingerprint density at radius 2 is 2.00 bits per heavy atom. The Balaban J connectivity index is 2.65. The summed E-state index contributed by atoms with van der Waals surface area (Å²) in [6.45, 7) is 6.58. The van der Waals surface area contributed by atoms with E-state index in [0.717, 1.165) is 12.8 Å². The van der Waals surface area contributed by atoms with E-state index in [4.69, 9.17) is 0 Å². The predicted molar refractivity (Wildman–Crippen MR) is 47.3 cm³/mol. The average Bonchev–Trinajstić information content (AvgIpc) is 1.86. The fraction of sp³-hybridized carbons (Fsp3) is 0.800. The van der Waals surface area contributed by atoms with E-state index in [1.165, 1.54) is 0 Å². The van der Waals surface area contributed by atoms with Gasteiger partial charge in [-0.05, 0) is 24.2 Å². The van der Waals surface area contributed by atoms with E-state index in [1.807, 2.05) is 6.08 Å². The van der Waals surface area contributed by atoms with Gasteiger partial charge >= 0.3 is 0 Å². The zero-order valence-corrected chi connectivity index (χ0v) is 7.67. The zero-order chi connectivity index (χ0) is 8.48. The number of allylic oxidation sites excluding steroid dienone is 1. The summed E-state index contributed by atoms with van der Waals surface area (Å²) < 4.78 is 0. The molecule has 11 heavy (non-hydrogen) atoms. The molecule has 1 nitrogen and oxygen atoms in total. The molecule has 0 aromatic carbocycles. The van der Waals surface area contributed by atoms with E-state index in [9.17, 15) is 5.11 Å². The zero-order valence-electron chi connectivity index (χ0n) is 7.67. The van der Waals surface area contributed by atoms with Crippen molar-refractivity contribution in [3.05, 3.63) is 12.2 Å². The molecule has 0 radical (unpaired) electrons. The number of hydrogen-bond acceptors (Lipinski definition) is 1. The van der Waals surface area contributed by atoms with Gasteiger partial charge in [0.05, 0.1) is 6.10 Å². The summed E-state index contributed by atoms with van der Waals surface area (Å²) in [5.41, 5.74) is 0.240. The highest BCUT2D eigenvalue weighted by molar-refractivity contribution is 5.00. The first kappa shape index (κ1) is 8.79. The van der Waals surface area contributed by atoms with Crippen LogP contribution < -0.4 is 0 Å². The van der Waals surface area contributed by atoms with Gasteiger partial charge in [-0.1, -0.05) is 32.9 Å². The Kier molecular flexibility index (Phi) is 2.38. The second kappa shape index (κ2) is 2.98. The van der Waals surface area contributed by atoms with Crippen molar-refractivity contribution in [3.8, 4) is 0 Å². The summed E-state index contributed by atoms with van der Waals surface area (Å²) in [5.74, 6) is 0.437. The highest BCUT2D eigenvalue weighted by Crippen LogP contribution is 2.35. The molecule has 1 heteroatoms. The molecule has 0 aliphatic heterocycles. The molecule has 1 N–H and O–H groups in total. The minimum atomic E-state index is -0.219. The standard InChI is InChI=1S/C10H18O/c1-10(2,3)8-6-4-5-7-9(8)11/h5,7-9,11H,4,6H2,1-3H3/t8?,9-/m0/s1. The van der Waals surface area contributed by atoms with E-state index in [-0.39, 0.29) is 11.5 Å². The molecular formula is C10H18O. The number of hydrogen-bond donors (Lipinski definition) is 1. The van der Waals surface area contributed by atoms with Crippen LogP contribution in [0.1, 0.15) is 33.6 Å². The molecule has 0 bridgehead atoms. The molecule has 0 saturated carbocycles. The highest BCUT2D eigenvalue weighted by atomic mass is 16.3. The van der Waals surface area contributed by atoms with Crippen LogP contribution in [0.25, 0.3) is 0 Å². The van der Waals surface area contributed by atoms with Crippen LogP contribution in [0.5, 0.6) is 0 Å². The first-order valence-corrected chi connectivity index (χ1v) is 4.36. The molecule has 2 atom stereocenters. The molecule has 1 aliphatic carbocycles. The van der Waals surface area contributed by atoms with Gasteiger partial charge < -0.3 is 5.11 Å². The van der Waals surface area contributed by atoms with Crippen molar-refractivity contribution in [1.82, 2.24) is 0 Å². The topological polar surface area (TPSA) is 20.2 Å². The van der Waals surface area contributed by atoms with Crippen molar-refractivity contribution < 1.29 is 5.11 Å². The van der Waals surface area contributed by atoms with Gasteiger partial charge in [-0.15, -0.1) is 0 Å². The Morgan fingerprint density at radius 1 is 1.36 bits per heavy atom. The maximum Gasteiger partial charge on any atom is 0.0754 e. The van der Waals surface area contributed by atoms with Crippen LogP contribution in [-0.4, -0.2) is 11.2 Å². The lowest BCUT2D eigenvalue weighted by atomic mass is 9.73. The van der Waals surface area contributed by atoms with Crippen LogP contribution in [0, 0.1) is 11.3 Å². The number of aliphatic hydroxyl groups is 1. The minimum absolute atomic E-state index is 0.219. The van der Waals surface area contributed by atoms with Crippen LogP contribution in [0.4, 0.5) is 0 Å². The van der Waals surface area contributed by atoms with Gasteiger partial charge in [0, 0.05) is 0 Å². The summed E-state index contributed by atoms with van der Waals surface area (Å²) in [6.07, 6.45) is 6.04. The second-order valence-corrected chi connectivity index (χ2v) is 4.47. The van der Waals surface area contributed by atoms with Gasteiger partial charge in [0.25, 0.3) is 0 Å². The van der Waals surface area contributed by atoms with Crippen molar-refractivity contribution in [2.45, 2.75) is 39.7 Å². The summed E-state index contributed by atoms with van der Waals surface area (Å²) in [6, 6.07) is 0. The van der Waals surface area contributed by atoms with Crippen molar-refractivity contribution >= 4 is 0 Å².